The van der Waals surface area contributed by atoms with Gasteiger partial charge in [0, 0.05) is 40.5 Å². The summed E-state index contributed by atoms with van der Waals surface area (Å²) >= 11 is 1.74. The Morgan fingerprint density at radius 3 is 2.33 bits per heavy atom. The molecule has 46 valence electrons. The monoisotopic (exact) mass is 233 g/mol. The van der Waals surface area contributed by atoms with E-state index in [9.17, 15) is 4.79 Å². The molecule has 3 heteroatoms. The Labute approximate surface area is 66.4 Å². The van der Waals surface area contributed by atoms with Gasteiger partial charge in [-0.3, -0.25) is 9.78 Å². The highest BCUT2D eigenvalue weighted by Gasteiger charge is 1.95. The topological polar surface area (TPSA) is 30.0 Å². The van der Waals surface area contributed by atoms with Gasteiger partial charge in [-0.25, -0.2) is 0 Å². The van der Waals surface area contributed by atoms with Crippen molar-refractivity contribution >= 4 is 26.4 Å². The molecule has 0 amide bonds. The number of halogens is 1. The lowest BCUT2D eigenvalue weighted by Gasteiger charge is -1.87. The highest BCUT2D eigenvalue weighted by molar-refractivity contribution is 14.1. The Bertz CT molecular complexity index is 210. The zero-order valence-corrected chi connectivity index (χ0v) is 6.70. The quantitative estimate of drug-likeness (QED) is 0.545. The molecule has 0 atom stereocenters. The van der Waals surface area contributed by atoms with Gasteiger partial charge < -0.3 is 0 Å². The van der Waals surface area contributed by atoms with Crippen LogP contribution in [0.3, 0.4) is 0 Å². The minimum atomic E-state index is 0.0509. The van der Waals surface area contributed by atoms with Crippen LogP contribution in [0.1, 0.15) is 10.4 Å². The first-order valence-electron chi connectivity index (χ1n) is 2.40. The van der Waals surface area contributed by atoms with E-state index in [0.717, 1.165) is 0 Å². The number of hydrogen-bond acceptors (Lipinski definition) is 2. The third-order valence-corrected chi connectivity index (χ3v) is 1.53. The van der Waals surface area contributed by atoms with E-state index in [4.69, 9.17) is 0 Å². The summed E-state index contributed by atoms with van der Waals surface area (Å²) in [6, 6.07) is 3.38. The van der Waals surface area contributed by atoms with Crippen molar-refractivity contribution in [2.24, 2.45) is 0 Å². The molecule has 0 unspecified atom stereocenters. The molecule has 0 bridgehead atoms. The third kappa shape index (κ3) is 1.74. The zero-order chi connectivity index (χ0) is 6.69. The first-order valence-corrected chi connectivity index (χ1v) is 3.48. The van der Waals surface area contributed by atoms with Crippen LogP contribution in [0.4, 0.5) is 0 Å². The molecule has 0 aliphatic rings. The van der Waals surface area contributed by atoms with Crippen LogP contribution in [0.5, 0.6) is 0 Å². The van der Waals surface area contributed by atoms with E-state index in [1.807, 2.05) is 0 Å². The summed E-state index contributed by atoms with van der Waals surface area (Å²) in [5, 5.41) is 0. The number of carbonyl (C=O) groups is 1. The maximum atomic E-state index is 10.6. The summed E-state index contributed by atoms with van der Waals surface area (Å²) in [5.74, 6) is 0. The number of nitrogens with zero attached hydrogens (tertiary/aromatic N) is 1. The first kappa shape index (κ1) is 6.67. The molecule has 1 aromatic heterocycles. The molecule has 0 fully saturated rings. The van der Waals surface area contributed by atoms with Gasteiger partial charge in [0.15, 0.2) is 0 Å². The molecule has 0 radical (unpaired) electrons. The van der Waals surface area contributed by atoms with E-state index in [-0.39, 0.29) is 3.79 Å². The maximum Gasteiger partial charge on any atom is 0.222 e. The zero-order valence-electron chi connectivity index (χ0n) is 4.54. The highest BCUT2D eigenvalue weighted by atomic mass is 127. The fourth-order valence-corrected chi connectivity index (χ4v) is 0.843. The predicted octanol–water partition coefficient (Wildman–Crippen LogP) is 1.66. The van der Waals surface area contributed by atoms with Crippen LogP contribution in [-0.2, 0) is 0 Å². The number of pyridine rings is 1. The Morgan fingerprint density at radius 1 is 1.44 bits per heavy atom. The van der Waals surface area contributed by atoms with Crippen molar-refractivity contribution in [1.82, 2.24) is 4.98 Å². The van der Waals surface area contributed by atoms with Crippen molar-refractivity contribution in [3.63, 3.8) is 0 Å². The van der Waals surface area contributed by atoms with E-state index >= 15 is 0 Å². The van der Waals surface area contributed by atoms with Crippen molar-refractivity contribution in [2.45, 2.75) is 0 Å². The van der Waals surface area contributed by atoms with Crippen LogP contribution in [0.2, 0.25) is 0 Å². The fourth-order valence-electron chi connectivity index (χ4n) is 0.483. The fraction of sp³-hybridized carbons (Fsp3) is 0. The van der Waals surface area contributed by atoms with Crippen molar-refractivity contribution in [1.29, 1.82) is 0 Å². The number of hydrogen-bond donors (Lipinski definition) is 0. The Hall–Kier alpha value is -0.450. The largest absolute Gasteiger partial charge is 0.282 e. The minimum absolute atomic E-state index is 0.0509. The smallest absolute Gasteiger partial charge is 0.222 e. The lowest BCUT2D eigenvalue weighted by atomic mass is 10.3. The minimum Gasteiger partial charge on any atom is -0.282 e. The molecule has 0 aliphatic carbocycles. The van der Waals surface area contributed by atoms with E-state index in [2.05, 4.69) is 4.98 Å². The summed E-state index contributed by atoms with van der Waals surface area (Å²) in [6.45, 7) is 0. The van der Waals surface area contributed by atoms with Crippen LogP contribution in [0.15, 0.2) is 24.5 Å². The molecule has 1 heterocycles. The van der Waals surface area contributed by atoms with Crippen LogP contribution in [0, 0.1) is 0 Å². The van der Waals surface area contributed by atoms with Gasteiger partial charge in [0.05, 0.1) is 0 Å². The molecule has 0 aliphatic heterocycles. The van der Waals surface area contributed by atoms with Gasteiger partial charge in [0.25, 0.3) is 0 Å². The summed E-state index contributed by atoms with van der Waals surface area (Å²) in [5.41, 5.74) is 0.700. The normalized spacial score (nSPS) is 9.00. The van der Waals surface area contributed by atoms with Gasteiger partial charge in [-0.15, -0.1) is 0 Å². The second-order valence-electron chi connectivity index (χ2n) is 1.51. The summed E-state index contributed by atoms with van der Waals surface area (Å²) in [4.78, 5) is 14.4. The summed E-state index contributed by atoms with van der Waals surface area (Å²) in [7, 11) is 0. The average Bonchev–Trinajstić information content (AvgIpc) is 1.90. The molecule has 1 rings (SSSR count). The van der Waals surface area contributed by atoms with Crippen molar-refractivity contribution in [3.8, 4) is 0 Å². The lowest BCUT2D eigenvalue weighted by molar-refractivity contribution is 0.110. The molecule has 0 N–H and O–H groups in total. The molecule has 9 heavy (non-hydrogen) atoms. The standard InChI is InChI=1S/C6H4INO/c7-6(9)5-1-3-8-4-2-5/h1-4H. The Balaban J connectivity index is 2.98. The van der Waals surface area contributed by atoms with Crippen LogP contribution < -0.4 is 0 Å². The molecular formula is C6H4INO. The maximum absolute atomic E-state index is 10.6. The molecule has 2 nitrogen and oxygen atoms in total. The van der Waals surface area contributed by atoms with Crippen molar-refractivity contribution in [3.05, 3.63) is 30.1 Å². The van der Waals surface area contributed by atoms with Gasteiger partial charge in [-0.1, -0.05) is 0 Å². The van der Waals surface area contributed by atoms with Crippen molar-refractivity contribution < 1.29 is 4.79 Å². The summed E-state index contributed by atoms with van der Waals surface area (Å²) in [6.07, 6.45) is 3.21. The van der Waals surface area contributed by atoms with E-state index in [0.29, 0.717) is 5.56 Å². The highest BCUT2D eigenvalue weighted by Crippen LogP contribution is 2.02. The molecule has 0 saturated heterocycles. The molecule has 1 aromatic rings. The van der Waals surface area contributed by atoms with Crippen LogP contribution in [0.25, 0.3) is 0 Å². The molecule has 0 spiro atoms. The lowest BCUT2D eigenvalue weighted by Crippen LogP contribution is -1.85. The molecule has 0 saturated carbocycles. The van der Waals surface area contributed by atoms with Gasteiger partial charge in [0.1, 0.15) is 0 Å². The third-order valence-electron chi connectivity index (χ3n) is 0.907. The van der Waals surface area contributed by atoms with Crippen molar-refractivity contribution in [2.75, 3.05) is 0 Å². The molecular weight excluding hydrogens is 229 g/mol. The molecule has 0 aromatic carbocycles. The SMILES string of the molecule is O=C(I)c1ccncc1. The van der Waals surface area contributed by atoms with Crippen LogP contribution >= 0.6 is 22.6 Å². The van der Waals surface area contributed by atoms with Gasteiger partial charge in [0.2, 0.25) is 3.79 Å². The second-order valence-corrected chi connectivity index (χ2v) is 2.49. The number of aromatic nitrogens is 1. The van der Waals surface area contributed by atoms with E-state index in [1.165, 1.54) is 0 Å². The van der Waals surface area contributed by atoms with E-state index < -0.39 is 0 Å². The average molecular weight is 233 g/mol. The predicted molar refractivity (Wildman–Crippen MR) is 42.6 cm³/mol. The number of carbonyl (C=O) groups excluding carboxylic acids is 1. The van der Waals surface area contributed by atoms with Gasteiger partial charge in [-0.2, -0.15) is 0 Å². The van der Waals surface area contributed by atoms with Crippen LogP contribution in [-0.4, -0.2) is 8.77 Å². The van der Waals surface area contributed by atoms with Gasteiger partial charge >= 0.3 is 0 Å². The van der Waals surface area contributed by atoms with Gasteiger partial charge in [-0.05, 0) is 12.1 Å². The summed E-state index contributed by atoms with van der Waals surface area (Å²) < 4.78 is 0.0509. The second kappa shape index (κ2) is 2.91. The Kier molecular flexibility index (Phi) is 2.16. The Morgan fingerprint density at radius 2 is 2.00 bits per heavy atom. The number of rotatable bonds is 1. The first-order chi connectivity index (χ1) is 4.30. The van der Waals surface area contributed by atoms with E-state index in [1.54, 1.807) is 47.1 Å².